The van der Waals surface area contributed by atoms with Crippen LogP contribution in [0.25, 0.3) is 0 Å². The topological polar surface area (TPSA) is 81.4 Å². The summed E-state index contributed by atoms with van der Waals surface area (Å²) in [6, 6.07) is 1.46. The maximum Gasteiger partial charge on any atom is 0.250 e. The smallest absolute Gasteiger partial charge is 0.250 e. The first-order valence-corrected chi connectivity index (χ1v) is 7.85. The molecule has 0 saturated heterocycles. The molecule has 0 aromatic carbocycles. The third-order valence-corrected chi connectivity index (χ3v) is 5.66. The molecular weight excluding hydrogens is 260 g/mol. The van der Waals surface area contributed by atoms with E-state index in [0.29, 0.717) is 12.3 Å². The monoisotopic (exact) mass is 276 g/mol. The van der Waals surface area contributed by atoms with Crippen LogP contribution >= 0.6 is 11.3 Å². The van der Waals surface area contributed by atoms with Gasteiger partial charge in [0.05, 0.1) is 6.10 Å². The molecule has 1 aromatic heterocycles. The molecule has 1 aromatic rings. The second-order valence-corrected chi connectivity index (χ2v) is 6.92. The van der Waals surface area contributed by atoms with Crippen molar-refractivity contribution in [2.24, 2.45) is 0 Å². The summed E-state index contributed by atoms with van der Waals surface area (Å²) in [6.07, 6.45) is 1.68. The molecule has 0 radical (unpaired) electrons. The highest BCUT2D eigenvalue weighted by Gasteiger charge is 2.33. The summed E-state index contributed by atoms with van der Waals surface area (Å²) in [5.41, 5.74) is 5.99. The predicted molar refractivity (Wildman–Crippen MR) is 67.5 cm³/mol. The number of ether oxygens (including phenoxy) is 1. The summed E-state index contributed by atoms with van der Waals surface area (Å²) < 4.78 is 32.1. The number of anilines is 1. The third kappa shape index (κ3) is 2.98. The Labute approximate surface area is 105 Å². The molecule has 0 spiro atoms. The van der Waals surface area contributed by atoms with Crippen LogP contribution in [0.3, 0.4) is 0 Å². The van der Waals surface area contributed by atoms with Crippen LogP contribution in [-0.2, 0) is 14.8 Å². The number of nitrogens with two attached hydrogens (primary N) is 1. The molecule has 0 unspecified atom stereocenters. The Bertz CT molecular complexity index is 477. The van der Waals surface area contributed by atoms with Crippen molar-refractivity contribution in [1.29, 1.82) is 0 Å². The van der Waals surface area contributed by atoms with Crippen molar-refractivity contribution in [3.63, 3.8) is 0 Å². The van der Waals surface area contributed by atoms with E-state index in [1.807, 2.05) is 6.92 Å². The molecule has 1 aliphatic carbocycles. The molecule has 0 bridgehead atoms. The summed E-state index contributed by atoms with van der Waals surface area (Å²) in [5, 5.41) is 1.62. The summed E-state index contributed by atoms with van der Waals surface area (Å²) in [4.78, 5) is 0. The van der Waals surface area contributed by atoms with Gasteiger partial charge >= 0.3 is 0 Å². The van der Waals surface area contributed by atoms with Crippen molar-refractivity contribution in [3.05, 3.63) is 11.4 Å². The minimum atomic E-state index is -3.40. The van der Waals surface area contributed by atoms with Crippen molar-refractivity contribution >= 4 is 27.0 Å². The third-order valence-electron chi connectivity index (χ3n) is 2.68. The largest absolute Gasteiger partial charge is 0.398 e. The summed E-state index contributed by atoms with van der Waals surface area (Å²) in [6.45, 7) is 2.61. The fraction of sp³-hybridized carbons (Fsp3) is 0.600. The maximum absolute atomic E-state index is 11.9. The van der Waals surface area contributed by atoms with Crippen molar-refractivity contribution < 1.29 is 13.2 Å². The van der Waals surface area contributed by atoms with Crippen LogP contribution in [-0.4, -0.2) is 27.2 Å². The first-order valence-electron chi connectivity index (χ1n) is 5.49. The van der Waals surface area contributed by atoms with Gasteiger partial charge < -0.3 is 10.5 Å². The highest BCUT2D eigenvalue weighted by atomic mass is 32.2. The van der Waals surface area contributed by atoms with E-state index >= 15 is 0 Å². The van der Waals surface area contributed by atoms with Crippen LogP contribution < -0.4 is 10.5 Å². The van der Waals surface area contributed by atoms with Gasteiger partial charge in [-0.05, 0) is 25.8 Å². The Hall–Kier alpha value is -0.630. The molecule has 0 amide bonds. The van der Waals surface area contributed by atoms with E-state index in [1.165, 1.54) is 6.07 Å². The Kier molecular flexibility index (Phi) is 3.72. The number of nitrogens with one attached hydrogen (secondary N) is 1. The lowest BCUT2D eigenvalue weighted by Crippen LogP contribution is -2.47. The van der Waals surface area contributed by atoms with Gasteiger partial charge in [0, 0.05) is 23.7 Å². The number of hydrogen-bond donors (Lipinski definition) is 2. The molecule has 1 heterocycles. The van der Waals surface area contributed by atoms with E-state index in [1.54, 1.807) is 5.38 Å². The second-order valence-electron chi connectivity index (χ2n) is 4.07. The lowest BCUT2D eigenvalue weighted by atomic mass is 9.90. The fourth-order valence-electron chi connectivity index (χ4n) is 1.78. The standard InChI is InChI=1S/C10H16N2O3S2/c1-2-15-9-4-8(5-9)12-17(13,14)10-3-7(11)6-16-10/h3,6,8-9,12H,2,4-5,11H2,1H3. The minimum Gasteiger partial charge on any atom is -0.398 e. The summed E-state index contributed by atoms with van der Waals surface area (Å²) in [7, 11) is -3.40. The van der Waals surface area contributed by atoms with Gasteiger partial charge in [0.2, 0.25) is 10.0 Å². The quantitative estimate of drug-likeness (QED) is 0.846. The Morgan fingerprint density at radius 3 is 2.82 bits per heavy atom. The molecule has 17 heavy (non-hydrogen) atoms. The van der Waals surface area contributed by atoms with Gasteiger partial charge in [-0.3, -0.25) is 0 Å². The molecule has 1 aliphatic rings. The number of thiophene rings is 1. The lowest BCUT2D eigenvalue weighted by molar-refractivity contribution is -0.00474. The normalized spacial score (nSPS) is 24.5. The van der Waals surface area contributed by atoms with Crippen LogP contribution in [0.15, 0.2) is 15.7 Å². The molecular formula is C10H16N2O3S2. The van der Waals surface area contributed by atoms with Gasteiger partial charge in [-0.2, -0.15) is 0 Å². The Morgan fingerprint density at radius 2 is 2.29 bits per heavy atom. The predicted octanol–water partition coefficient (Wildman–Crippen LogP) is 1.18. The highest BCUT2D eigenvalue weighted by Crippen LogP contribution is 2.27. The van der Waals surface area contributed by atoms with Gasteiger partial charge in [0.1, 0.15) is 4.21 Å². The number of hydrogen-bond acceptors (Lipinski definition) is 5. The van der Waals surface area contributed by atoms with Gasteiger partial charge in [-0.1, -0.05) is 0 Å². The molecule has 3 N–H and O–H groups in total. The van der Waals surface area contributed by atoms with E-state index < -0.39 is 10.0 Å². The molecule has 1 saturated carbocycles. The van der Waals surface area contributed by atoms with Crippen LogP contribution in [0, 0.1) is 0 Å². The van der Waals surface area contributed by atoms with Gasteiger partial charge in [0.25, 0.3) is 0 Å². The van der Waals surface area contributed by atoms with Crippen molar-refractivity contribution in [1.82, 2.24) is 4.72 Å². The van der Waals surface area contributed by atoms with E-state index in [9.17, 15) is 8.42 Å². The van der Waals surface area contributed by atoms with Gasteiger partial charge in [-0.25, -0.2) is 13.1 Å². The molecule has 7 heteroatoms. The highest BCUT2D eigenvalue weighted by molar-refractivity contribution is 7.91. The van der Waals surface area contributed by atoms with Gasteiger partial charge in [-0.15, -0.1) is 11.3 Å². The molecule has 0 aliphatic heterocycles. The van der Waals surface area contributed by atoms with Crippen LogP contribution in [0.2, 0.25) is 0 Å². The minimum absolute atomic E-state index is 0.0140. The average molecular weight is 276 g/mol. The Balaban J connectivity index is 1.92. The number of nitrogen functional groups attached to an aromatic ring is 1. The summed E-state index contributed by atoms with van der Waals surface area (Å²) in [5.74, 6) is 0. The first-order chi connectivity index (χ1) is 8.01. The Morgan fingerprint density at radius 1 is 1.59 bits per heavy atom. The molecule has 1 fully saturated rings. The van der Waals surface area contributed by atoms with Crippen LogP contribution in [0.5, 0.6) is 0 Å². The zero-order chi connectivity index (χ0) is 12.5. The van der Waals surface area contributed by atoms with E-state index in [2.05, 4.69) is 4.72 Å². The summed E-state index contributed by atoms with van der Waals surface area (Å²) >= 11 is 1.14. The first kappa shape index (κ1) is 12.8. The lowest BCUT2D eigenvalue weighted by Gasteiger charge is -2.34. The molecule has 2 rings (SSSR count). The molecule has 96 valence electrons. The van der Waals surface area contributed by atoms with Crippen LogP contribution in [0.4, 0.5) is 5.69 Å². The average Bonchev–Trinajstić information content (AvgIpc) is 2.62. The van der Waals surface area contributed by atoms with Gasteiger partial charge in [0.15, 0.2) is 0 Å². The molecule has 5 nitrogen and oxygen atoms in total. The van der Waals surface area contributed by atoms with Crippen molar-refractivity contribution in [3.8, 4) is 0 Å². The van der Waals surface area contributed by atoms with E-state index in [0.717, 1.165) is 24.2 Å². The van der Waals surface area contributed by atoms with E-state index in [-0.39, 0.29) is 16.4 Å². The van der Waals surface area contributed by atoms with Crippen molar-refractivity contribution in [2.75, 3.05) is 12.3 Å². The van der Waals surface area contributed by atoms with Crippen LogP contribution in [0.1, 0.15) is 19.8 Å². The molecule has 0 atom stereocenters. The number of rotatable bonds is 5. The zero-order valence-electron chi connectivity index (χ0n) is 9.55. The van der Waals surface area contributed by atoms with E-state index in [4.69, 9.17) is 10.5 Å². The fourth-order valence-corrected chi connectivity index (χ4v) is 4.14. The SMILES string of the molecule is CCOC1CC(NS(=O)(=O)c2cc(N)cs2)C1. The number of sulfonamides is 1. The second kappa shape index (κ2) is 4.93. The van der Waals surface area contributed by atoms with Crippen molar-refractivity contribution in [2.45, 2.75) is 36.1 Å². The maximum atomic E-state index is 11.9. The zero-order valence-corrected chi connectivity index (χ0v) is 11.2.